The van der Waals surface area contributed by atoms with Crippen LogP contribution in [0.3, 0.4) is 0 Å². The molecule has 0 unspecified atom stereocenters. The maximum atomic E-state index is 12.3. The predicted molar refractivity (Wildman–Crippen MR) is 107 cm³/mol. The van der Waals surface area contributed by atoms with Crippen LogP contribution in [0.4, 0.5) is 5.69 Å². The Hall–Kier alpha value is -3.26. The standard InChI is InChI=1S/C22H24N2O3/c1-4-16(2)18-7-5-6-8-19(18)24-22(25)12-10-17-9-11-20(27-14-13-23)21(15-17)26-3/h5-12,15-16H,4,14H2,1-3H3,(H,24,25)/b12-10+/t16-/m1/s1. The number of benzene rings is 2. The summed E-state index contributed by atoms with van der Waals surface area (Å²) in [6.07, 6.45) is 4.19. The number of anilines is 1. The molecule has 0 aliphatic rings. The fourth-order valence-electron chi connectivity index (χ4n) is 2.62. The van der Waals surface area contributed by atoms with E-state index in [1.54, 1.807) is 24.3 Å². The Labute approximate surface area is 160 Å². The Morgan fingerprint density at radius 3 is 2.74 bits per heavy atom. The van der Waals surface area contributed by atoms with E-state index in [2.05, 4.69) is 19.2 Å². The van der Waals surface area contributed by atoms with Gasteiger partial charge in [-0.3, -0.25) is 4.79 Å². The molecular formula is C22H24N2O3. The monoisotopic (exact) mass is 364 g/mol. The number of nitrogens with zero attached hydrogens (tertiary/aromatic N) is 1. The van der Waals surface area contributed by atoms with Crippen molar-refractivity contribution in [1.29, 1.82) is 5.26 Å². The minimum absolute atomic E-state index is 0.0520. The van der Waals surface area contributed by atoms with Crippen LogP contribution in [-0.2, 0) is 4.79 Å². The van der Waals surface area contributed by atoms with Crippen LogP contribution in [0.2, 0.25) is 0 Å². The van der Waals surface area contributed by atoms with Gasteiger partial charge in [0.05, 0.1) is 7.11 Å². The highest BCUT2D eigenvalue weighted by molar-refractivity contribution is 6.02. The third kappa shape index (κ3) is 5.61. The molecular weight excluding hydrogens is 340 g/mol. The average Bonchev–Trinajstić information content (AvgIpc) is 2.70. The lowest BCUT2D eigenvalue weighted by Crippen LogP contribution is -2.10. The summed E-state index contributed by atoms with van der Waals surface area (Å²) < 4.78 is 10.6. The molecule has 27 heavy (non-hydrogen) atoms. The van der Waals surface area contributed by atoms with Crippen molar-refractivity contribution in [2.24, 2.45) is 0 Å². The van der Waals surface area contributed by atoms with Gasteiger partial charge in [0.1, 0.15) is 6.07 Å². The SMILES string of the molecule is CC[C@@H](C)c1ccccc1NC(=O)/C=C/c1ccc(OCC#N)c(OC)c1. The zero-order chi connectivity index (χ0) is 19.6. The lowest BCUT2D eigenvalue weighted by Gasteiger charge is -2.14. The maximum absolute atomic E-state index is 12.3. The van der Waals surface area contributed by atoms with E-state index in [1.807, 2.05) is 30.3 Å². The second-order valence-corrected chi connectivity index (χ2v) is 6.08. The highest BCUT2D eigenvalue weighted by Crippen LogP contribution is 2.29. The van der Waals surface area contributed by atoms with Crippen LogP contribution in [0, 0.1) is 11.3 Å². The van der Waals surface area contributed by atoms with Gasteiger partial charge in [-0.05, 0) is 47.7 Å². The van der Waals surface area contributed by atoms with Crippen molar-refractivity contribution in [2.75, 3.05) is 19.0 Å². The Bertz CT molecular complexity index is 853. The first-order valence-corrected chi connectivity index (χ1v) is 8.84. The maximum Gasteiger partial charge on any atom is 0.248 e. The summed E-state index contributed by atoms with van der Waals surface area (Å²) in [7, 11) is 1.53. The van der Waals surface area contributed by atoms with Crippen molar-refractivity contribution >= 4 is 17.7 Å². The summed E-state index contributed by atoms with van der Waals surface area (Å²) in [5, 5.41) is 11.6. The number of methoxy groups -OCH3 is 1. The minimum Gasteiger partial charge on any atom is -0.493 e. The van der Waals surface area contributed by atoms with Crippen LogP contribution < -0.4 is 14.8 Å². The number of nitrogens with one attached hydrogen (secondary N) is 1. The van der Waals surface area contributed by atoms with E-state index in [0.717, 1.165) is 23.2 Å². The lowest BCUT2D eigenvalue weighted by atomic mass is 9.97. The smallest absolute Gasteiger partial charge is 0.248 e. The molecule has 1 atom stereocenters. The number of hydrogen-bond donors (Lipinski definition) is 1. The third-order valence-electron chi connectivity index (χ3n) is 4.27. The fourth-order valence-corrected chi connectivity index (χ4v) is 2.62. The highest BCUT2D eigenvalue weighted by atomic mass is 16.5. The molecule has 0 aromatic heterocycles. The van der Waals surface area contributed by atoms with Gasteiger partial charge in [-0.2, -0.15) is 5.26 Å². The number of carbonyl (C=O) groups excluding carboxylic acids is 1. The van der Waals surface area contributed by atoms with Crippen molar-refractivity contribution < 1.29 is 14.3 Å². The van der Waals surface area contributed by atoms with E-state index >= 15 is 0 Å². The van der Waals surface area contributed by atoms with E-state index in [1.165, 1.54) is 13.2 Å². The van der Waals surface area contributed by atoms with E-state index < -0.39 is 0 Å². The first kappa shape index (κ1) is 20.1. The normalized spacial score (nSPS) is 11.6. The Kier molecular flexibility index (Phi) is 7.45. The molecule has 1 N–H and O–H groups in total. The largest absolute Gasteiger partial charge is 0.493 e. The number of para-hydroxylation sites is 1. The first-order chi connectivity index (χ1) is 13.1. The summed E-state index contributed by atoms with van der Waals surface area (Å²) in [5.74, 6) is 1.17. The number of nitriles is 1. The number of hydrogen-bond acceptors (Lipinski definition) is 4. The fraction of sp³-hybridized carbons (Fsp3) is 0.273. The molecule has 0 aliphatic heterocycles. The summed E-state index contributed by atoms with van der Waals surface area (Å²) in [5.41, 5.74) is 2.75. The zero-order valence-electron chi connectivity index (χ0n) is 15.9. The van der Waals surface area contributed by atoms with Crippen LogP contribution in [0.25, 0.3) is 6.08 Å². The first-order valence-electron chi connectivity index (χ1n) is 8.84. The van der Waals surface area contributed by atoms with E-state index in [4.69, 9.17) is 14.7 Å². The van der Waals surface area contributed by atoms with Gasteiger partial charge in [0, 0.05) is 11.8 Å². The van der Waals surface area contributed by atoms with Gasteiger partial charge in [0.2, 0.25) is 5.91 Å². The molecule has 2 aromatic carbocycles. The van der Waals surface area contributed by atoms with Crippen LogP contribution in [0.1, 0.15) is 37.3 Å². The minimum atomic E-state index is -0.200. The van der Waals surface area contributed by atoms with Crippen LogP contribution in [0.15, 0.2) is 48.5 Å². The second-order valence-electron chi connectivity index (χ2n) is 6.08. The van der Waals surface area contributed by atoms with Gasteiger partial charge < -0.3 is 14.8 Å². The van der Waals surface area contributed by atoms with Crippen molar-refractivity contribution in [3.63, 3.8) is 0 Å². The molecule has 5 heteroatoms. The molecule has 0 spiro atoms. The van der Waals surface area contributed by atoms with Crippen molar-refractivity contribution in [3.8, 4) is 17.6 Å². The molecule has 0 aliphatic carbocycles. The average molecular weight is 364 g/mol. The third-order valence-corrected chi connectivity index (χ3v) is 4.27. The highest BCUT2D eigenvalue weighted by Gasteiger charge is 2.10. The zero-order valence-corrected chi connectivity index (χ0v) is 15.9. The molecule has 0 heterocycles. The van der Waals surface area contributed by atoms with Gasteiger partial charge in [-0.1, -0.05) is 38.1 Å². The molecule has 0 saturated heterocycles. The summed E-state index contributed by atoms with van der Waals surface area (Å²) >= 11 is 0. The number of rotatable bonds is 8. The molecule has 0 fully saturated rings. The molecule has 1 amide bonds. The van der Waals surface area contributed by atoms with E-state index in [0.29, 0.717) is 17.4 Å². The van der Waals surface area contributed by atoms with Crippen molar-refractivity contribution in [3.05, 3.63) is 59.7 Å². The van der Waals surface area contributed by atoms with Gasteiger partial charge in [0.15, 0.2) is 18.1 Å². The van der Waals surface area contributed by atoms with Gasteiger partial charge in [-0.15, -0.1) is 0 Å². The molecule has 0 radical (unpaired) electrons. The number of carbonyl (C=O) groups is 1. The summed E-state index contributed by atoms with van der Waals surface area (Å²) in [4.78, 5) is 12.3. The number of ether oxygens (including phenoxy) is 2. The lowest BCUT2D eigenvalue weighted by molar-refractivity contribution is -0.111. The molecule has 5 nitrogen and oxygen atoms in total. The molecule has 2 rings (SSSR count). The van der Waals surface area contributed by atoms with Gasteiger partial charge >= 0.3 is 0 Å². The summed E-state index contributed by atoms with van der Waals surface area (Å²) in [6, 6.07) is 15.0. The van der Waals surface area contributed by atoms with E-state index in [9.17, 15) is 4.79 Å². The van der Waals surface area contributed by atoms with Gasteiger partial charge in [0.25, 0.3) is 0 Å². The van der Waals surface area contributed by atoms with Crippen LogP contribution in [0.5, 0.6) is 11.5 Å². The molecule has 0 bridgehead atoms. The molecule has 140 valence electrons. The quantitative estimate of drug-likeness (QED) is 0.685. The predicted octanol–water partition coefficient (Wildman–Crippen LogP) is 4.76. The number of amides is 1. The summed E-state index contributed by atoms with van der Waals surface area (Å²) in [6.45, 7) is 4.22. The second kappa shape index (κ2) is 10.0. The molecule has 2 aromatic rings. The van der Waals surface area contributed by atoms with E-state index in [-0.39, 0.29) is 12.5 Å². The Balaban J connectivity index is 2.10. The Morgan fingerprint density at radius 1 is 1.26 bits per heavy atom. The Morgan fingerprint density at radius 2 is 2.04 bits per heavy atom. The van der Waals surface area contributed by atoms with Crippen LogP contribution >= 0.6 is 0 Å². The topological polar surface area (TPSA) is 71.3 Å². The van der Waals surface area contributed by atoms with Crippen molar-refractivity contribution in [1.82, 2.24) is 0 Å². The van der Waals surface area contributed by atoms with Crippen molar-refractivity contribution in [2.45, 2.75) is 26.2 Å². The molecule has 0 saturated carbocycles. The van der Waals surface area contributed by atoms with Gasteiger partial charge in [-0.25, -0.2) is 0 Å². The van der Waals surface area contributed by atoms with Crippen LogP contribution in [-0.4, -0.2) is 19.6 Å².